The molecule has 0 aliphatic carbocycles. The molecule has 0 saturated heterocycles. The second-order valence-corrected chi connectivity index (χ2v) is 12.7. The summed E-state index contributed by atoms with van der Waals surface area (Å²) >= 11 is 0. The largest absolute Gasteiger partial charge is 0.454 e. The number of benzene rings is 1. The fraction of sp³-hybridized carbons (Fsp3) is 0.667. The lowest BCUT2D eigenvalue weighted by Gasteiger charge is -2.40. The maximum absolute atomic E-state index is 9.81. The number of hydrogen-bond acceptors (Lipinski definition) is 4. The summed E-state index contributed by atoms with van der Waals surface area (Å²) in [4.78, 5) is 0. The van der Waals surface area contributed by atoms with Gasteiger partial charge in [0, 0.05) is 0 Å². The second-order valence-electron chi connectivity index (χ2n) is 7.97. The van der Waals surface area contributed by atoms with E-state index in [1.807, 2.05) is 12.1 Å². The van der Waals surface area contributed by atoms with Crippen molar-refractivity contribution in [3.05, 3.63) is 23.8 Å². The Morgan fingerprint density at radius 2 is 1.87 bits per heavy atom. The van der Waals surface area contributed by atoms with Crippen molar-refractivity contribution < 1.29 is 19.0 Å². The lowest BCUT2D eigenvalue weighted by atomic mass is 9.96. The van der Waals surface area contributed by atoms with Gasteiger partial charge in [0.2, 0.25) is 6.79 Å². The van der Waals surface area contributed by atoms with Crippen molar-refractivity contribution in [1.29, 1.82) is 0 Å². The van der Waals surface area contributed by atoms with Crippen molar-refractivity contribution in [3.8, 4) is 11.5 Å². The normalized spacial score (nSPS) is 17.2. The summed E-state index contributed by atoms with van der Waals surface area (Å²) in [6, 6.07) is 6.04. The number of hydrogen-bond donors (Lipinski definition) is 1. The van der Waals surface area contributed by atoms with Crippen LogP contribution in [-0.4, -0.2) is 32.9 Å². The van der Waals surface area contributed by atoms with Crippen molar-refractivity contribution >= 4 is 8.32 Å². The van der Waals surface area contributed by atoms with Crippen molar-refractivity contribution in [2.24, 2.45) is 5.92 Å². The molecule has 0 bridgehead atoms. The summed E-state index contributed by atoms with van der Waals surface area (Å²) in [5, 5.41) is 9.95. The predicted octanol–water partition coefficient (Wildman–Crippen LogP) is 3.98. The summed E-state index contributed by atoms with van der Waals surface area (Å²) in [6.45, 7) is 13.6. The van der Waals surface area contributed by atoms with Gasteiger partial charge in [0.15, 0.2) is 19.8 Å². The highest BCUT2D eigenvalue weighted by Gasteiger charge is 2.40. The lowest BCUT2D eigenvalue weighted by molar-refractivity contribution is 0.0622. The molecule has 23 heavy (non-hydrogen) atoms. The molecule has 0 fully saturated rings. The minimum atomic E-state index is -1.89. The van der Waals surface area contributed by atoms with E-state index >= 15 is 0 Å². The topological polar surface area (TPSA) is 47.9 Å². The van der Waals surface area contributed by atoms with Crippen LogP contribution in [0.2, 0.25) is 18.1 Å². The molecule has 1 aliphatic rings. The molecule has 1 heterocycles. The maximum atomic E-state index is 9.81. The summed E-state index contributed by atoms with van der Waals surface area (Å²) < 4.78 is 17.2. The Hall–Kier alpha value is -1.04. The minimum Gasteiger partial charge on any atom is -0.454 e. The molecule has 4 nitrogen and oxygen atoms in total. The van der Waals surface area contributed by atoms with E-state index in [-0.39, 0.29) is 23.7 Å². The molecule has 0 unspecified atom stereocenters. The van der Waals surface area contributed by atoms with Gasteiger partial charge < -0.3 is 19.0 Å². The third kappa shape index (κ3) is 4.28. The monoisotopic (exact) mass is 338 g/mol. The van der Waals surface area contributed by atoms with Gasteiger partial charge >= 0.3 is 0 Å². The van der Waals surface area contributed by atoms with Crippen LogP contribution in [0, 0.1) is 5.92 Å². The molecular formula is C18H30O4Si. The minimum absolute atomic E-state index is 0.0538. The summed E-state index contributed by atoms with van der Waals surface area (Å²) in [5.74, 6) is 1.84. The van der Waals surface area contributed by atoms with Crippen LogP contribution in [0.1, 0.15) is 33.3 Å². The average molecular weight is 339 g/mol. The van der Waals surface area contributed by atoms with E-state index in [1.54, 1.807) is 0 Å². The second kappa shape index (κ2) is 6.83. The van der Waals surface area contributed by atoms with Crippen molar-refractivity contribution in [1.82, 2.24) is 0 Å². The van der Waals surface area contributed by atoms with Gasteiger partial charge in [-0.2, -0.15) is 0 Å². The lowest BCUT2D eigenvalue weighted by Crippen LogP contribution is -2.46. The molecule has 0 aromatic heterocycles. The molecule has 2 atom stereocenters. The zero-order valence-corrected chi connectivity index (χ0v) is 16.2. The van der Waals surface area contributed by atoms with Gasteiger partial charge in [-0.25, -0.2) is 0 Å². The number of aliphatic hydroxyl groups excluding tert-OH is 1. The first-order valence-electron chi connectivity index (χ1n) is 8.31. The first-order chi connectivity index (χ1) is 10.6. The Bertz CT molecular complexity index is 536. The molecule has 1 aromatic carbocycles. The van der Waals surface area contributed by atoms with Crippen LogP contribution in [0.15, 0.2) is 18.2 Å². The molecule has 0 radical (unpaired) electrons. The molecule has 130 valence electrons. The van der Waals surface area contributed by atoms with E-state index in [2.05, 4.69) is 46.9 Å². The molecule has 0 amide bonds. The van der Waals surface area contributed by atoms with Crippen LogP contribution >= 0.6 is 0 Å². The Morgan fingerprint density at radius 1 is 1.22 bits per heavy atom. The van der Waals surface area contributed by atoms with Crippen LogP contribution in [-0.2, 0) is 10.8 Å². The van der Waals surface area contributed by atoms with Gasteiger partial charge in [-0.15, -0.1) is 0 Å². The molecule has 2 rings (SSSR count). The Labute approximate surface area is 140 Å². The zero-order chi connectivity index (χ0) is 17.3. The van der Waals surface area contributed by atoms with E-state index in [0.717, 1.165) is 17.9 Å². The van der Waals surface area contributed by atoms with Gasteiger partial charge in [-0.3, -0.25) is 0 Å². The molecule has 1 aromatic rings. The third-order valence-electron chi connectivity index (χ3n) is 5.06. The first-order valence-corrected chi connectivity index (χ1v) is 11.2. The van der Waals surface area contributed by atoms with E-state index in [0.29, 0.717) is 6.79 Å². The molecule has 0 spiro atoms. The molecular weight excluding hydrogens is 308 g/mol. The smallest absolute Gasteiger partial charge is 0.231 e. The van der Waals surface area contributed by atoms with Gasteiger partial charge in [0.05, 0.1) is 12.7 Å². The van der Waals surface area contributed by atoms with Crippen LogP contribution in [0.25, 0.3) is 0 Å². The van der Waals surface area contributed by atoms with E-state index in [4.69, 9.17) is 13.9 Å². The Balaban J connectivity index is 2.04. The average Bonchev–Trinajstić information content (AvgIpc) is 2.90. The number of aliphatic hydroxyl groups is 1. The van der Waals surface area contributed by atoms with Crippen LogP contribution in [0.4, 0.5) is 0 Å². The summed E-state index contributed by atoms with van der Waals surface area (Å²) in [7, 11) is -1.89. The zero-order valence-electron chi connectivity index (χ0n) is 15.2. The standard InChI is InChI=1S/C18H30O4Si/c1-13(17(11-19)22-23(5,6)18(2,3)4)9-14-7-8-15-16(10-14)21-12-20-15/h7-8,10,13,17,19H,9,11-12H2,1-6H3/t13-,17+/m0/s1. The third-order valence-corrected chi connectivity index (χ3v) is 9.57. The quantitative estimate of drug-likeness (QED) is 0.797. The van der Waals surface area contributed by atoms with Crippen LogP contribution in [0.3, 0.4) is 0 Å². The van der Waals surface area contributed by atoms with Crippen LogP contribution < -0.4 is 9.47 Å². The van der Waals surface area contributed by atoms with E-state index in [1.165, 1.54) is 5.56 Å². The Kier molecular flexibility index (Phi) is 5.43. The van der Waals surface area contributed by atoms with Crippen molar-refractivity contribution in [3.63, 3.8) is 0 Å². The van der Waals surface area contributed by atoms with Gasteiger partial charge in [-0.1, -0.05) is 33.8 Å². The van der Waals surface area contributed by atoms with Gasteiger partial charge in [0.1, 0.15) is 0 Å². The number of fused-ring (bicyclic) bond motifs is 1. The summed E-state index contributed by atoms with van der Waals surface area (Å²) in [6.07, 6.45) is 0.706. The highest BCUT2D eigenvalue weighted by Crippen LogP contribution is 2.38. The number of ether oxygens (including phenoxy) is 2. The highest BCUT2D eigenvalue weighted by molar-refractivity contribution is 6.74. The predicted molar refractivity (Wildman–Crippen MR) is 94.6 cm³/mol. The van der Waals surface area contributed by atoms with Crippen molar-refractivity contribution in [2.45, 2.75) is 58.4 Å². The highest BCUT2D eigenvalue weighted by atomic mass is 28.4. The molecule has 1 aliphatic heterocycles. The SMILES string of the molecule is C[C@@H](Cc1ccc2c(c1)OCO2)[C@@H](CO)O[Si](C)(C)C(C)(C)C. The molecule has 1 N–H and O–H groups in total. The van der Waals surface area contributed by atoms with Crippen LogP contribution in [0.5, 0.6) is 11.5 Å². The fourth-order valence-electron chi connectivity index (χ4n) is 2.46. The van der Waals surface area contributed by atoms with E-state index in [9.17, 15) is 5.11 Å². The fourth-order valence-corrected chi connectivity index (χ4v) is 3.88. The van der Waals surface area contributed by atoms with Crippen molar-refractivity contribution in [2.75, 3.05) is 13.4 Å². The van der Waals surface area contributed by atoms with Gasteiger partial charge in [-0.05, 0) is 48.2 Å². The maximum Gasteiger partial charge on any atom is 0.231 e. The summed E-state index contributed by atoms with van der Waals surface area (Å²) in [5.41, 5.74) is 1.18. The molecule has 0 saturated carbocycles. The van der Waals surface area contributed by atoms with Gasteiger partial charge in [0.25, 0.3) is 0 Å². The molecule has 5 heteroatoms. The Morgan fingerprint density at radius 3 is 2.48 bits per heavy atom. The first kappa shape index (κ1) is 18.3. The number of rotatable bonds is 6. The van der Waals surface area contributed by atoms with E-state index < -0.39 is 8.32 Å².